The van der Waals surface area contributed by atoms with Crippen LogP contribution in [0, 0.1) is 6.07 Å². The fraction of sp³-hybridized carbons (Fsp3) is 0.429. The van der Waals surface area contributed by atoms with Gasteiger partial charge in [0, 0.05) is 10.8 Å². The number of rotatable bonds is 1. The fourth-order valence-corrected chi connectivity index (χ4v) is 2.78. The SMILES string of the molecule is CC1(C)OB(c2c[c]c3sccc3c2)OC1(C)C. The molecule has 1 aliphatic heterocycles. The summed E-state index contributed by atoms with van der Waals surface area (Å²) in [6.45, 7) is 8.28. The van der Waals surface area contributed by atoms with Crippen LogP contribution >= 0.6 is 11.3 Å². The first kappa shape index (κ1) is 12.2. The van der Waals surface area contributed by atoms with Crippen molar-refractivity contribution in [2.45, 2.75) is 38.9 Å². The number of thiophene rings is 1. The molecule has 4 heteroatoms. The minimum absolute atomic E-state index is 0.290. The van der Waals surface area contributed by atoms with Crippen molar-refractivity contribution < 1.29 is 9.31 Å². The number of benzene rings is 1. The summed E-state index contributed by atoms with van der Waals surface area (Å²) in [5, 5.41) is 3.28. The Hall–Kier alpha value is -0.835. The Bertz CT molecular complexity index is 572. The van der Waals surface area contributed by atoms with Gasteiger partial charge in [-0.1, -0.05) is 12.1 Å². The summed E-state index contributed by atoms with van der Waals surface area (Å²) in [4.78, 5) is 0. The van der Waals surface area contributed by atoms with Gasteiger partial charge in [0.2, 0.25) is 0 Å². The monoisotopic (exact) mass is 259 g/mol. The van der Waals surface area contributed by atoms with Crippen molar-refractivity contribution in [2.75, 3.05) is 0 Å². The van der Waals surface area contributed by atoms with Gasteiger partial charge < -0.3 is 9.31 Å². The van der Waals surface area contributed by atoms with Crippen molar-refractivity contribution in [3.05, 3.63) is 29.6 Å². The van der Waals surface area contributed by atoms with Gasteiger partial charge in [0.15, 0.2) is 0 Å². The molecule has 3 rings (SSSR count). The molecule has 1 aromatic heterocycles. The predicted molar refractivity (Wildman–Crippen MR) is 76.4 cm³/mol. The van der Waals surface area contributed by atoms with E-state index in [0.717, 1.165) is 5.46 Å². The smallest absolute Gasteiger partial charge is 0.399 e. The minimum atomic E-state index is -0.296. The van der Waals surface area contributed by atoms with Crippen LogP contribution in [0.1, 0.15) is 27.7 Å². The van der Waals surface area contributed by atoms with Crippen LogP contribution in [0.2, 0.25) is 0 Å². The molecule has 0 N–H and O–H groups in total. The molecule has 18 heavy (non-hydrogen) atoms. The van der Waals surface area contributed by atoms with Crippen molar-refractivity contribution in [1.82, 2.24) is 0 Å². The predicted octanol–water partition coefficient (Wildman–Crippen LogP) is 3.00. The molecule has 2 nitrogen and oxygen atoms in total. The molecular formula is C14H16BO2S. The lowest BCUT2D eigenvalue weighted by molar-refractivity contribution is 0.00578. The van der Waals surface area contributed by atoms with Gasteiger partial charge in [-0.05, 0) is 50.0 Å². The molecule has 0 spiro atoms. The van der Waals surface area contributed by atoms with Crippen LogP contribution in [0.3, 0.4) is 0 Å². The molecule has 1 saturated heterocycles. The third-order valence-corrected chi connectivity index (χ3v) is 4.77. The molecule has 1 aromatic carbocycles. The summed E-state index contributed by atoms with van der Waals surface area (Å²) in [6, 6.07) is 9.49. The highest BCUT2D eigenvalue weighted by Crippen LogP contribution is 2.36. The van der Waals surface area contributed by atoms with Crippen molar-refractivity contribution in [3.63, 3.8) is 0 Å². The van der Waals surface area contributed by atoms with Gasteiger partial charge in [-0.3, -0.25) is 0 Å². The fourth-order valence-electron chi connectivity index (χ4n) is 2.04. The van der Waals surface area contributed by atoms with E-state index < -0.39 is 0 Å². The lowest BCUT2D eigenvalue weighted by Gasteiger charge is -2.32. The summed E-state index contributed by atoms with van der Waals surface area (Å²) < 4.78 is 13.2. The third-order valence-electron chi connectivity index (χ3n) is 3.91. The second-order valence-electron chi connectivity index (χ2n) is 5.73. The second-order valence-corrected chi connectivity index (χ2v) is 6.64. The molecule has 1 fully saturated rings. The molecule has 2 heterocycles. The van der Waals surface area contributed by atoms with Crippen LogP contribution in [0.15, 0.2) is 23.6 Å². The largest absolute Gasteiger partial charge is 0.494 e. The Labute approximate surface area is 112 Å². The van der Waals surface area contributed by atoms with E-state index in [1.807, 2.05) is 6.07 Å². The molecular weight excluding hydrogens is 243 g/mol. The lowest BCUT2D eigenvalue weighted by atomic mass is 9.79. The zero-order chi connectivity index (χ0) is 13.0. The maximum absolute atomic E-state index is 6.04. The van der Waals surface area contributed by atoms with E-state index in [-0.39, 0.29) is 18.3 Å². The van der Waals surface area contributed by atoms with Gasteiger partial charge in [-0.25, -0.2) is 0 Å². The summed E-state index contributed by atoms with van der Waals surface area (Å²) >= 11 is 1.70. The van der Waals surface area contributed by atoms with E-state index in [4.69, 9.17) is 9.31 Å². The summed E-state index contributed by atoms with van der Waals surface area (Å²) in [5.74, 6) is 0. The second kappa shape index (κ2) is 3.83. The van der Waals surface area contributed by atoms with E-state index >= 15 is 0 Å². The first-order valence-corrected chi connectivity index (χ1v) is 7.01. The Morgan fingerprint density at radius 2 is 1.83 bits per heavy atom. The van der Waals surface area contributed by atoms with Gasteiger partial charge in [-0.2, -0.15) is 0 Å². The minimum Gasteiger partial charge on any atom is -0.399 e. The molecule has 0 saturated carbocycles. The Balaban J connectivity index is 1.96. The highest BCUT2D eigenvalue weighted by atomic mass is 32.1. The van der Waals surface area contributed by atoms with Gasteiger partial charge in [0.05, 0.1) is 11.2 Å². The quantitative estimate of drug-likeness (QED) is 0.733. The van der Waals surface area contributed by atoms with Crippen LogP contribution in [-0.4, -0.2) is 18.3 Å². The number of fused-ring (bicyclic) bond motifs is 1. The van der Waals surface area contributed by atoms with E-state index in [0.29, 0.717) is 0 Å². The third kappa shape index (κ3) is 1.80. The maximum Gasteiger partial charge on any atom is 0.494 e. The molecule has 1 aliphatic rings. The Morgan fingerprint density at radius 3 is 2.50 bits per heavy atom. The molecule has 0 bridgehead atoms. The zero-order valence-corrected chi connectivity index (χ0v) is 11.9. The van der Waals surface area contributed by atoms with Crippen LogP contribution in [0.4, 0.5) is 0 Å². The maximum atomic E-state index is 6.04. The molecule has 0 amide bonds. The topological polar surface area (TPSA) is 18.5 Å². The average molecular weight is 259 g/mol. The molecule has 0 aliphatic carbocycles. The zero-order valence-electron chi connectivity index (χ0n) is 11.1. The van der Waals surface area contributed by atoms with E-state index in [9.17, 15) is 0 Å². The molecule has 2 aromatic rings. The standard InChI is InChI=1S/C14H16BO2S/c1-13(2)14(3,4)17-15(16-13)11-5-6-12-10(9-11)7-8-18-12/h5,7-9H,1-4H3. The van der Waals surface area contributed by atoms with Crippen molar-refractivity contribution >= 4 is 34.0 Å². The van der Waals surface area contributed by atoms with E-state index in [1.54, 1.807) is 11.3 Å². The summed E-state index contributed by atoms with van der Waals surface area (Å²) in [6.07, 6.45) is 0. The number of hydrogen-bond acceptors (Lipinski definition) is 3. The van der Waals surface area contributed by atoms with Gasteiger partial charge >= 0.3 is 7.12 Å². The number of hydrogen-bond donors (Lipinski definition) is 0. The van der Waals surface area contributed by atoms with Crippen molar-refractivity contribution in [3.8, 4) is 0 Å². The molecule has 0 atom stereocenters. The van der Waals surface area contributed by atoms with Gasteiger partial charge in [0.1, 0.15) is 0 Å². The van der Waals surface area contributed by atoms with Gasteiger partial charge in [0.25, 0.3) is 0 Å². The van der Waals surface area contributed by atoms with Gasteiger partial charge in [-0.15, -0.1) is 11.3 Å². The highest BCUT2D eigenvalue weighted by molar-refractivity contribution is 7.17. The summed E-state index contributed by atoms with van der Waals surface area (Å²) in [5.41, 5.74) is 0.460. The van der Waals surface area contributed by atoms with Crippen molar-refractivity contribution in [1.29, 1.82) is 0 Å². The Morgan fingerprint density at radius 1 is 1.17 bits per heavy atom. The van der Waals surface area contributed by atoms with Crippen LogP contribution in [0.25, 0.3) is 10.1 Å². The van der Waals surface area contributed by atoms with E-state index in [1.165, 1.54) is 10.1 Å². The van der Waals surface area contributed by atoms with Crippen LogP contribution in [-0.2, 0) is 9.31 Å². The first-order valence-electron chi connectivity index (χ1n) is 6.13. The average Bonchev–Trinajstić information content (AvgIpc) is 2.80. The lowest BCUT2D eigenvalue weighted by Crippen LogP contribution is -2.41. The molecule has 1 radical (unpaired) electrons. The van der Waals surface area contributed by atoms with E-state index in [2.05, 4.69) is 51.3 Å². The molecule has 0 unspecified atom stereocenters. The summed E-state index contributed by atoms with van der Waals surface area (Å²) in [7, 11) is -0.296. The molecule has 93 valence electrons. The normalized spacial score (nSPS) is 21.7. The van der Waals surface area contributed by atoms with Crippen LogP contribution in [0.5, 0.6) is 0 Å². The Kier molecular flexibility index (Phi) is 2.60. The van der Waals surface area contributed by atoms with Crippen molar-refractivity contribution in [2.24, 2.45) is 0 Å². The first-order chi connectivity index (χ1) is 8.39. The highest BCUT2D eigenvalue weighted by Gasteiger charge is 2.51. The van der Waals surface area contributed by atoms with Crippen LogP contribution < -0.4 is 5.46 Å².